The quantitative estimate of drug-likeness (QED) is 0.597. The topological polar surface area (TPSA) is 74.6 Å². The number of hydrogen-bond donors (Lipinski definition) is 2. The third-order valence-electron chi connectivity index (χ3n) is 1.79. The van der Waals surface area contributed by atoms with Crippen LogP contribution in [0.25, 0.3) is 0 Å². The van der Waals surface area contributed by atoms with Crippen LogP contribution in [0.3, 0.4) is 0 Å². The second-order valence-electron chi connectivity index (χ2n) is 2.90. The van der Waals surface area contributed by atoms with Crippen molar-refractivity contribution in [1.82, 2.24) is 0 Å². The van der Waals surface area contributed by atoms with E-state index in [1.165, 1.54) is 12.1 Å². The van der Waals surface area contributed by atoms with Crippen molar-refractivity contribution in [2.24, 2.45) is 0 Å². The van der Waals surface area contributed by atoms with Gasteiger partial charge in [-0.05, 0) is 12.1 Å². The molecule has 0 aliphatic rings. The van der Waals surface area contributed by atoms with Gasteiger partial charge in [0.25, 0.3) is 0 Å². The van der Waals surface area contributed by atoms with Gasteiger partial charge in [0.15, 0.2) is 0 Å². The van der Waals surface area contributed by atoms with Gasteiger partial charge >= 0.3 is 5.97 Å². The standard InChI is InChI=1S/C9H11O4P.Mg/c10-9(11)6-7-14(12,13)8-4-2-1-3-5-8;/h1-5H,6-7H2,(H,10,11)(H,12,13);. The molecule has 4 nitrogen and oxygen atoms in total. The van der Waals surface area contributed by atoms with E-state index in [0.29, 0.717) is 5.30 Å². The van der Waals surface area contributed by atoms with Gasteiger partial charge in [0.1, 0.15) is 0 Å². The van der Waals surface area contributed by atoms with Crippen LogP contribution in [0.1, 0.15) is 6.42 Å². The average molecular weight is 238 g/mol. The van der Waals surface area contributed by atoms with Crippen LogP contribution in [0.15, 0.2) is 30.3 Å². The molecule has 15 heavy (non-hydrogen) atoms. The van der Waals surface area contributed by atoms with E-state index in [-0.39, 0.29) is 35.6 Å². The largest absolute Gasteiger partial charge is 0.481 e. The summed E-state index contributed by atoms with van der Waals surface area (Å²) in [7, 11) is -3.48. The van der Waals surface area contributed by atoms with Crippen molar-refractivity contribution in [3.63, 3.8) is 0 Å². The molecule has 0 saturated carbocycles. The number of carboxylic acids is 1. The molecular weight excluding hydrogens is 227 g/mol. The van der Waals surface area contributed by atoms with Crippen LogP contribution in [-0.4, -0.2) is 45.2 Å². The van der Waals surface area contributed by atoms with Crippen LogP contribution in [0, 0.1) is 0 Å². The van der Waals surface area contributed by atoms with E-state index in [2.05, 4.69) is 0 Å². The highest BCUT2D eigenvalue weighted by molar-refractivity contribution is 7.66. The Labute approximate surface area is 104 Å². The van der Waals surface area contributed by atoms with Crippen molar-refractivity contribution in [2.45, 2.75) is 6.42 Å². The lowest BCUT2D eigenvalue weighted by atomic mass is 10.4. The third-order valence-corrected chi connectivity index (χ3v) is 3.72. The second-order valence-corrected chi connectivity index (χ2v) is 5.27. The first-order valence-corrected chi connectivity index (χ1v) is 5.96. The molecule has 0 bridgehead atoms. The summed E-state index contributed by atoms with van der Waals surface area (Å²) in [4.78, 5) is 19.8. The van der Waals surface area contributed by atoms with Crippen molar-refractivity contribution >= 4 is 41.7 Å². The fraction of sp³-hybridized carbons (Fsp3) is 0.222. The summed E-state index contributed by atoms with van der Waals surface area (Å²) in [5.41, 5.74) is 0. The monoisotopic (exact) mass is 238 g/mol. The van der Waals surface area contributed by atoms with Crippen LogP contribution in [0.2, 0.25) is 0 Å². The van der Waals surface area contributed by atoms with Gasteiger partial charge in [-0.3, -0.25) is 9.36 Å². The van der Waals surface area contributed by atoms with Crippen molar-refractivity contribution in [1.29, 1.82) is 0 Å². The highest BCUT2D eigenvalue weighted by Crippen LogP contribution is 2.39. The molecule has 1 atom stereocenters. The van der Waals surface area contributed by atoms with Gasteiger partial charge < -0.3 is 10.00 Å². The van der Waals surface area contributed by atoms with Crippen LogP contribution in [-0.2, 0) is 9.36 Å². The molecule has 0 spiro atoms. The fourth-order valence-electron chi connectivity index (χ4n) is 1.04. The van der Waals surface area contributed by atoms with Gasteiger partial charge in [-0.1, -0.05) is 18.2 Å². The molecule has 0 heterocycles. The van der Waals surface area contributed by atoms with Crippen molar-refractivity contribution in [3.8, 4) is 0 Å². The van der Waals surface area contributed by atoms with Gasteiger partial charge in [-0.2, -0.15) is 0 Å². The minimum atomic E-state index is -3.48. The first kappa shape index (κ1) is 14.6. The van der Waals surface area contributed by atoms with Crippen LogP contribution < -0.4 is 5.30 Å². The molecule has 0 saturated heterocycles. The van der Waals surface area contributed by atoms with E-state index in [0.717, 1.165) is 0 Å². The number of aliphatic carboxylic acids is 1. The Balaban J connectivity index is 0.00000196. The molecule has 2 N–H and O–H groups in total. The molecule has 1 aromatic rings. The molecule has 1 aromatic carbocycles. The molecule has 0 amide bonds. The maximum absolute atomic E-state index is 11.6. The molecular formula is C9H11MgO4P. The van der Waals surface area contributed by atoms with E-state index in [9.17, 15) is 14.3 Å². The van der Waals surface area contributed by atoms with Crippen LogP contribution >= 0.6 is 7.37 Å². The summed E-state index contributed by atoms with van der Waals surface area (Å²) in [6.07, 6.45) is -0.505. The Morgan fingerprint density at radius 2 is 1.80 bits per heavy atom. The van der Waals surface area contributed by atoms with Crippen LogP contribution in [0.5, 0.6) is 0 Å². The number of carboxylic acid groups (broad SMARTS) is 1. The van der Waals surface area contributed by atoms with E-state index < -0.39 is 13.3 Å². The summed E-state index contributed by atoms with van der Waals surface area (Å²) in [5, 5.41) is 8.70. The second kappa shape index (κ2) is 6.28. The van der Waals surface area contributed by atoms with E-state index in [1.54, 1.807) is 18.2 Å². The summed E-state index contributed by atoms with van der Waals surface area (Å²) in [6, 6.07) is 8.10. The maximum atomic E-state index is 11.6. The molecule has 2 radical (unpaired) electrons. The minimum Gasteiger partial charge on any atom is -0.481 e. The van der Waals surface area contributed by atoms with Gasteiger partial charge in [-0.25, -0.2) is 0 Å². The van der Waals surface area contributed by atoms with Crippen molar-refractivity contribution < 1.29 is 19.4 Å². The van der Waals surface area contributed by atoms with E-state index >= 15 is 0 Å². The number of carbonyl (C=O) groups is 1. The van der Waals surface area contributed by atoms with E-state index in [4.69, 9.17) is 5.11 Å². The normalized spacial score (nSPS) is 13.7. The zero-order valence-corrected chi connectivity index (χ0v) is 10.5. The molecule has 1 rings (SSSR count). The molecule has 78 valence electrons. The molecule has 0 aromatic heterocycles. The number of rotatable bonds is 4. The summed E-state index contributed by atoms with van der Waals surface area (Å²) in [6.45, 7) is 0. The average Bonchev–Trinajstić information content (AvgIpc) is 2.16. The molecule has 6 heteroatoms. The fourth-order valence-corrected chi connectivity index (χ4v) is 2.43. The smallest absolute Gasteiger partial charge is 0.303 e. The molecule has 0 fully saturated rings. The summed E-state index contributed by atoms with van der Waals surface area (Å²) < 4.78 is 11.6. The van der Waals surface area contributed by atoms with Crippen molar-refractivity contribution in [2.75, 3.05) is 6.16 Å². The Bertz CT molecular complexity index is 366. The van der Waals surface area contributed by atoms with E-state index in [1.807, 2.05) is 0 Å². The van der Waals surface area contributed by atoms with Gasteiger partial charge in [0, 0.05) is 34.5 Å². The maximum Gasteiger partial charge on any atom is 0.303 e. The highest BCUT2D eigenvalue weighted by atomic mass is 31.2. The lowest BCUT2D eigenvalue weighted by Gasteiger charge is -2.09. The Morgan fingerprint density at radius 3 is 2.27 bits per heavy atom. The lowest BCUT2D eigenvalue weighted by molar-refractivity contribution is -0.136. The molecule has 1 unspecified atom stereocenters. The Kier molecular flexibility index (Phi) is 6.13. The predicted octanol–water partition coefficient (Wildman–Crippen LogP) is 0.676. The molecule has 0 aliphatic heterocycles. The number of benzene rings is 1. The zero-order chi connectivity index (χ0) is 10.6. The number of hydrogen-bond acceptors (Lipinski definition) is 2. The first-order valence-electron chi connectivity index (χ1n) is 4.11. The molecule has 0 aliphatic carbocycles. The van der Waals surface area contributed by atoms with Gasteiger partial charge in [-0.15, -0.1) is 0 Å². The SMILES string of the molecule is O=C(O)CCP(=O)(O)c1ccccc1.[Mg]. The lowest BCUT2D eigenvalue weighted by Crippen LogP contribution is -2.09. The zero-order valence-electron chi connectivity index (χ0n) is 8.17. The Hall–Kier alpha value is -0.354. The summed E-state index contributed by atoms with van der Waals surface area (Å²) in [5.74, 6) is -1.06. The minimum absolute atomic E-state index is 0. The van der Waals surface area contributed by atoms with Gasteiger partial charge in [0.2, 0.25) is 7.37 Å². The van der Waals surface area contributed by atoms with Crippen LogP contribution in [0.4, 0.5) is 0 Å². The first-order chi connectivity index (χ1) is 6.52. The van der Waals surface area contributed by atoms with Crippen molar-refractivity contribution in [3.05, 3.63) is 30.3 Å². The summed E-state index contributed by atoms with van der Waals surface area (Å²) >= 11 is 0. The van der Waals surface area contributed by atoms with Gasteiger partial charge in [0.05, 0.1) is 6.42 Å². The Morgan fingerprint density at radius 1 is 1.27 bits per heavy atom. The third kappa shape index (κ3) is 4.80. The predicted molar refractivity (Wildman–Crippen MR) is 58.8 cm³/mol. The highest BCUT2D eigenvalue weighted by Gasteiger charge is 2.21.